The highest BCUT2D eigenvalue weighted by Crippen LogP contribution is 2.31. The third-order valence-corrected chi connectivity index (χ3v) is 4.95. The van der Waals surface area contributed by atoms with Gasteiger partial charge in [0.25, 0.3) is 0 Å². The first-order chi connectivity index (χ1) is 13.5. The van der Waals surface area contributed by atoms with Gasteiger partial charge in [-0.15, -0.1) is 0 Å². The minimum atomic E-state index is 0.213. The number of hydrogen-bond donors (Lipinski definition) is 0. The molecule has 1 heterocycles. The number of methoxy groups -OCH3 is 1. The van der Waals surface area contributed by atoms with Gasteiger partial charge in [0.1, 0.15) is 17.3 Å². The van der Waals surface area contributed by atoms with Gasteiger partial charge in [-0.05, 0) is 57.6 Å². The molecule has 0 N–H and O–H groups in total. The number of rotatable bonds is 8. The third kappa shape index (κ3) is 4.37. The van der Waals surface area contributed by atoms with E-state index in [1.807, 2.05) is 50.2 Å². The molecule has 148 valence electrons. The van der Waals surface area contributed by atoms with Crippen molar-refractivity contribution in [2.75, 3.05) is 20.8 Å². The number of nitrogens with zero attached hydrogens (tertiary/aromatic N) is 2. The SMILES string of the molecule is CCOc1ccccc1-c1nc(CN(C)[C@H](C)c2cccc(OC)c2)c(C)o1. The molecule has 0 unspecified atom stereocenters. The van der Waals surface area contributed by atoms with E-state index in [-0.39, 0.29) is 6.04 Å². The third-order valence-electron chi connectivity index (χ3n) is 4.95. The van der Waals surface area contributed by atoms with E-state index in [9.17, 15) is 0 Å². The normalized spacial score (nSPS) is 12.2. The largest absolute Gasteiger partial charge is 0.497 e. The van der Waals surface area contributed by atoms with Crippen molar-refractivity contribution < 1.29 is 13.9 Å². The molecular formula is C23H28N2O3. The van der Waals surface area contributed by atoms with Gasteiger partial charge in [0.2, 0.25) is 5.89 Å². The summed E-state index contributed by atoms with van der Waals surface area (Å²) in [6.45, 7) is 7.39. The van der Waals surface area contributed by atoms with E-state index in [0.717, 1.165) is 28.5 Å². The maximum absolute atomic E-state index is 5.97. The van der Waals surface area contributed by atoms with Crippen molar-refractivity contribution in [3.05, 3.63) is 65.5 Å². The zero-order chi connectivity index (χ0) is 20.1. The highest BCUT2D eigenvalue weighted by Gasteiger charge is 2.19. The quantitative estimate of drug-likeness (QED) is 0.534. The Bertz CT molecular complexity index is 920. The van der Waals surface area contributed by atoms with Gasteiger partial charge >= 0.3 is 0 Å². The van der Waals surface area contributed by atoms with Crippen molar-refractivity contribution in [1.82, 2.24) is 9.88 Å². The number of aromatic nitrogens is 1. The lowest BCUT2D eigenvalue weighted by Crippen LogP contribution is -2.22. The first-order valence-electron chi connectivity index (χ1n) is 9.56. The van der Waals surface area contributed by atoms with E-state index in [2.05, 4.69) is 31.0 Å². The first-order valence-corrected chi connectivity index (χ1v) is 9.56. The van der Waals surface area contributed by atoms with Gasteiger partial charge in [-0.25, -0.2) is 4.98 Å². The summed E-state index contributed by atoms with van der Waals surface area (Å²) in [4.78, 5) is 7.01. The van der Waals surface area contributed by atoms with Gasteiger partial charge in [-0.3, -0.25) is 4.90 Å². The van der Waals surface area contributed by atoms with Crippen LogP contribution in [0.2, 0.25) is 0 Å². The highest BCUT2D eigenvalue weighted by atomic mass is 16.5. The zero-order valence-electron chi connectivity index (χ0n) is 17.2. The van der Waals surface area contributed by atoms with Gasteiger partial charge in [-0.2, -0.15) is 0 Å². The van der Waals surface area contributed by atoms with Crippen molar-refractivity contribution in [2.24, 2.45) is 0 Å². The predicted molar refractivity (Wildman–Crippen MR) is 111 cm³/mol. The fourth-order valence-corrected chi connectivity index (χ4v) is 3.14. The first kappa shape index (κ1) is 20.0. The monoisotopic (exact) mass is 380 g/mol. The zero-order valence-corrected chi connectivity index (χ0v) is 17.2. The van der Waals surface area contributed by atoms with Crippen LogP contribution >= 0.6 is 0 Å². The van der Waals surface area contributed by atoms with Gasteiger partial charge in [0.05, 0.1) is 25.0 Å². The second-order valence-electron chi connectivity index (χ2n) is 6.82. The molecule has 28 heavy (non-hydrogen) atoms. The fraction of sp³-hybridized carbons (Fsp3) is 0.348. The van der Waals surface area contributed by atoms with Crippen molar-refractivity contribution in [2.45, 2.75) is 33.4 Å². The van der Waals surface area contributed by atoms with Crippen molar-refractivity contribution in [1.29, 1.82) is 0 Å². The van der Waals surface area contributed by atoms with Gasteiger partial charge in [-0.1, -0.05) is 24.3 Å². The molecule has 1 atom stereocenters. The van der Waals surface area contributed by atoms with E-state index < -0.39 is 0 Å². The molecule has 1 aromatic heterocycles. The molecule has 2 aromatic carbocycles. The maximum atomic E-state index is 5.97. The molecule has 0 saturated heterocycles. The van der Waals surface area contributed by atoms with E-state index >= 15 is 0 Å². The number of oxazole rings is 1. The summed E-state index contributed by atoms with van der Waals surface area (Å²) in [6.07, 6.45) is 0. The Morgan fingerprint density at radius 3 is 2.68 bits per heavy atom. The molecule has 0 amide bonds. The average molecular weight is 380 g/mol. The molecule has 0 saturated carbocycles. The average Bonchev–Trinajstić information content (AvgIpc) is 3.08. The molecule has 0 fully saturated rings. The van der Waals surface area contributed by atoms with Crippen molar-refractivity contribution >= 4 is 0 Å². The van der Waals surface area contributed by atoms with Crippen LogP contribution in [-0.4, -0.2) is 30.6 Å². The minimum Gasteiger partial charge on any atom is -0.497 e. The Morgan fingerprint density at radius 1 is 1.14 bits per heavy atom. The lowest BCUT2D eigenvalue weighted by molar-refractivity contribution is 0.248. The summed E-state index contributed by atoms with van der Waals surface area (Å²) in [5.74, 6) is 3.08. The summed E-state index contributed by atoms with van der Waals surface area (Å²) >= 11 is 0. The molecule has 0 aliphatic rings. The summed E-state index contributed by atoms with van der Waals surface area (Å²) in [6, 6.07) is 16.2. The van der Waals surface area contributed by atoms with Crippen LogP contribution < -0.4 is 9.47 Å². The number of hydrogen-bond acceptors (Lipinski definition) is 5. The van der Waals surface area contributed by atoms with Crippen LogP contribution in [0.5, 0.6) is 11.5 Å². The Balaban J connectivity index is 1.80. The van der Waals surface area contributed by atoms with Crippen LogP contribution in [-0.2, 0) is 6.54 Å². The van der Waals surface area contributed by atoms with Crippen LogP contribution in [0, 0.1) is 6.92 Å². The van der Waals surface area contributed by atoms with Crippen LogP contribution in [0.4, 0.5) is 0 Å². The number of benzene rings is 2. The summed E-state index contributed by atoms with van der Waals surface area (Å²) < 4.78 is 17.0. The molecule has 0 aliphatic heterocycles. The van der Waals surface area contributed by atoms with Crippen LogP contribution in [0.3, 0.4) is 0 Å². The minimum absolute atomic E-state index is 0.213. The molecular weight excluding hydrogens is 352 g/mol. The Hall–Kier alpha value is -2.79. The summed E-state index contributed by atoms with van der Waals surface area (Å²) in [7, 11) is 3.78. The van der Waals surface area contributed by atoms with E-state index in [1.165, 1.54) is 5.56 Å². The second kappa shape index (κ2) is 8.93. The van der Waals surface area contributed by atoms with E-state index in [0.29, 0.717) is 19.0 Å². The molecule has 5 heteroatoms. The van der Waals surface area contributed by atoms with E-state index in [1.54, 1.807) is 7.11 Å². The smallest absolute Gasteiger partial charge is 0.230 e. The van der Waals surface area contributed by atoms with Crippen LogP contribution in [0.15, 0.2) is 52.9 Å². The Morgan fingerprint density at radius 2 is 1.93 bits per heavy atom. The second-order valence-corrected chi connectivity index (χ2v) is 6.82. The predicted octanol–water partition coefficient (Wildman–Crippen LogP) is 5.25. The fourth-order valence-electron chi connectivity index (χ4n) is 3.14. The molecule has 3 rings (SSSR count). The highest BCUT2D eigenvalue weighted by molar-refractivity contribution is 5.63. The lowest BCUT2D eigenvalue weighted by Gasteiger charge is -2.24. The van der Waals surface area contributed by atoms with Crippen molar-refractivity contribution in [3.63, 3.8) is 0 Å². The van der Waals surface area contributed by atoms with Crippen LogP contribution in [0.1, 0.15) is 36.9 Å². The standard InChI is InChI=1S/C23H28N2O3/c1-6-27-22-13-8-7-12-20(22)23-24-21(17(3)28-23)15-25(4)16(2)18-10-9-11-19(14-18)26-5/h7-14,16H,6,15H2,1-5H3/t16-/m1/s1. The van der Waals surface area contributed by atoms with Gasteiger partial charge in [0, 0.05) is 12.6 Å². The molecule has 3 aromatic rings. The van der Waals surface area contributed by atoms with Gasteiger partial charge < -0.3 is 13.9 Å². The number of ether oxygens (including phenoxy) is 2. The topological polar surface area (TPSA) is 47.7 Å². The number of aryl methyl sites for hydroxylation is 1. The molecule has 0 spiro atoms. The van der Waals surface area contributed by atoms with Crippen LogP contribution in [0.25, 0.3) is 11.5 Å². The van der Waals surface area contributed by atoms with Crippen molar-refractivity contribution in [3.8, 4) is 23.0 Å². The Kier molecular flexibility index (Phi) is 6.37. The molecule has 0 bridgehead atoms. The van der Waals surface area contributed by atoms with E-state index in [4.69, 9.17) is 18.9 Å². The molecule has 5 nitrogen and oxygen atoms in total. The Labute approximate surface area is 166 Å². The molecule has 0 radical (unpaired) electrons. The van der Waals surface area contributed by atoms with Gasteiger partial charge in [0.15, 0.2) is 0 Å². The summed E-state index contributed by atoms with van der Waals surface area (Å²) in [5, 5.41) is 0. The lowest BCUT2D eigenvalue weighted by atomic mass is 10.1. The number of para-hydroxylation sites is 1. The summed E-state index contributed by atoms with van der Waals surface area (Å²) in [5.41, 5.74) is 3.01. The molecule has 0 aliphatic carbocycles. The maximum Gasteiger partial charge on any atom is 0.230 e.